The van der Waals surface area contributed by atoms with Gasteiger partial charge in [-0.25, -0.2) is 0 Å². The standard InChI is InChI=1S/C13H15ClN2S/c1-13(5-2-6-13)16-12-8-17-11-7-9(14)3-4-10(11)15-12/h3-4,7-8,15-16H,2,5-6H2,1H3. The predicted octanol–water partition coefficient (Wildman–Crippen LogP) is 4.19. The van der Waals surface area contributed by atoms with Crippen LogP contribution in [0.5, 0.6) is 0 Å². The number of fused-ring (bicyclic) bond motifs is 1. The second kappa shape index (κ2) is 4.14. The van der Waals surface area contributed by atoms with E-state index in [9.17, 15) is 0 Å². The van der Waals surface area contributed by atoms with E-state index in [2.05, 4.69) is 23.0 Å². The second-order valence-corrected chi connectivity index (χ2v) is 6.30. The van der Waals surface area contributed by atoms with Crippen LogP contribution in [-0.2, 0) is 0 Å². The maximum absolute atomic E-state index is 5.97. The van der Waals surface area contributed by atoms with Gasteiger partial charge < -0.3 is 10.6 Å². The van der Waals surface area contributed by atoms with Crippen LogP contribution in [0.15, 0.2) is 34.3 Å². The van der Waals surface area contributed by atoms with E-state index in [-0.39, 0.29) is 5.54 Å². The largest absolute Gasteiger partial charge is 0.366 e. The van der Waals surface area contributed by atoms with E-state index in [1.54, 1.807) is 11.8 Å². The van der Waals surface area contributed by atoms with Gasteiger partial charge in [-0.1, -0.05) is 23.4 Å². The van der Waals surface area contributed by atoms with Crippen molar-refractivity contribution < 1.29 is 0 Å². The number of rotatable bonds is 2. The molecule has 1 saturated carbocycles. The molecular formula is C13H15ClN2S. The predicted molar refractivity (Wildman–Crippen MR) is 74.4 cm³/mol. The van der Waals surface area contributed by atoms with Crippen molar-refractivity contribution in [2.45, 2.75) is 36.6 Å². The first-order valence-electron chi connectivity index (χ1n) is 5.86. The van der Waals surface area contributed by atoms with Crippen LogP contribution in [0.1, 0.15) is 26.2 Å². The van der Waals surface area contributed by atoms with Gasteiger partial charge >= 0.3 is 0 Å². The van der Waals surface area contributed by atoms with E-state index in [0.717, 1.165) is 16.5 Å². The van der Waals surface area contributed by atoms with Crippen molar-refractivity contribution in [1.82, 2.24) is 5.32 Å². The molecular weight excluding hydrogens is 252 g/mol. The number of halogens is 1. The SMILES string of the molecule is CC1(NC2=CSc3cc(Cl)ccc3N2)CCC1. The molecule has 3 rings (SSSR count). The summed E-state index contributed by atoms with van der Waals surface area (Å²) in [6.07, 6.45) is 3.84. The first-order valence-corrected chi connectivity index (χ1v) is 7.12. The Morgan fingerprint density at radius 1 is 1.41 bits per heavy atom. The van der Waals surface area contributed by atoms with Gasteiger partial charge in [0.2, 0.25) is 0 Å². The number of hydrogen-bond donors (Lipinski definition) is 2. The Balaban J connectivity index is 1.75. The van der Waals surface area contributed by atoms with Gasteiger partial charge in [0.05, 0.1) is 5.69 Å². The summed E-state index contributed by atoms with van der Waals surface area (Å²) in [4.78, 5) is 1.18. The van der Waals surface area contributed by atoms with Crippen LogP contribution < -0.4 is 10.6 Å². The average Bonchev–Trinajstić information content (AvgIpc) is 2.27. The summed E-state index contributed by atoms with van der Waals surface area (Å²) in [6.45, 7) is 2.28. The normalized spacial score (nSPS) is 20.7. The lowest BCUT2D eigenvalue weighted by Gasteiger charge is -2.41. The molecule has 1 fully saturated rings. The van der Waals surface area contributed by atoms with Crippen LogP contribution in [0.3, 0.4) is 0 Å². The summed E-state index contributed by atoms with van der Waals surface area (Å²) in [6, 6.07) is 5.94. The lowest BCUT2D eigenvalue weighted by Crippen LogP contribution is -2.48. The maximum Gasteiger partial charge on any atom is 0.110 e. The van der Waals surface area contributed by atoms with Gasteiger partial charge in [0.15, 0.2) is 0 Å². The summed E-state index contributed by atoms with van der Waals surface area (Å²) in [5, 5.41) is 9.92. The highest BCUT2D eigenvalue weighted by Crippen LogP contribution is 2.37. The lowest BCUT2D eigenvalue weighted by molar-refractivity contribution is 0.228. The summed E-state index contributed by atoms with van der Waals surface area (Å²) >= 11 is 7.69. The molecule has 2 N–H and O–H groups in total. The molecule has 17 heavy (non-hydrogen) atoms. The van der Waals surface area contributed by atoms with Crippen LogP contribution in [0.2, 0.25) is 5.02 Å². The number of thioether (sulfide) groups is 1. The van der Waals surface area contributed by atoms with Gasteiger partial charge in [0.25, 0.3) is 0 Å². The van der Waals surface area contributed by atoms with E-state index in [4.69, 9.17) is 11.6 Å². The fraction of sp³-hybridized carbons (Fsp3) is 0.385. The summed E-state index contributed by atoms with van der Waals surface area (Å²) in [5.74, 6) is 1.10. The third-order valence-electron chi connectivity index (χ3n) is 3.41. The Morgan fingerprint density at radius 2 is 2.24 bits per heavy atom. The van der Waals surface area contributed by atoms with Crippen molar-refractivity contribution in [2.24, 2.45) is 0 Å². The average molecular weight is 267 g/mol. The highest BCUT2D eigenvalue weighted by atomic mass is 35.5. The molecule has 0 atom stereocenters. The maximum atomic E-state index is 5.97. The molecule has 2 aliphatic rings. The molecule has 0 aromatic heterocycles. The molecule has 4 heteroatoms. The minimum absolute atomic E-state index is 0.281. The molecule has 0 spiro atoms. The summed E-state index contributed by atoms with van der Waals surface area (Å²) in [7, 11) is 0. The van der Waals surface area contributed by atoms with Gasteiger partial charge in [-0.05, 0) is 44.4 Å². The molecule has 0 bridgehead atoms. The fourth-order valence-corrected chi connectivity index (χ4v) is 3.25. The quantitative estimate of drug-likeness (QED) is 0.839. The van der Waals surface area contributed by atoms with Crippen molar-refractivity contribution in [1.29, 1.82) is 0 Å². The first-order chi connectivity index (χ1) is 8.15. The third kappa shape index (κ3) is 2.26. The molecule has 1 aromatic rings. The zero-order chi connectivity index (χ0) is 11.9. The van der Waals surface area contributed by atoms with Gasteiger partial charge in [0.1, 0.15) is 5.82 Å². The summed E-state index contributed by atoms with van der Waals surface area (Å²) in [5.41, 5.74) is 1.41. The van der Waals surface area contributed by atoms with Gasteiger partial charge in [-0.2, -0.15) is 0 Å². The van der Waals surface area contributed by atoms with Crippen LogP contribution in [-0.4, -0.2) is 5.54 Å². The van der Waals surface area contributed by atoms with E-state index >= 15 is 0 Å². The van der Waals surface area contributed by atoms with E-state index in [0.29, 0.717) is 0 Å². The number of benzene rings is 1. The second-order valence-electron chi connectivity index (χ2n) is 4.95. The first kappa shape index (κ1) is 11.3. The zero-order valence-corrected chi connectivity index (χ0v) is 11.3. The van der Waals surface area contributed by atoms with Crippen LogP contribution in [0.4, 0.5) is 5.69 Å². The Labute approximate surface area is 111 Å². The minimum Gasteiger partial charge on any atom is -0.366 e. The lowest BCUT2D eigenvalue weighted by atomic mass is 9.78. The number of hydrogen-bond acceptors (Lipinski definition) is 3. The third-order valence-corrected chi connectivity index (χ3v) is 4.59. The topological polar surface area (TPSA) is 24.1 Å². The van der Waals surface area contributed by atoms with Gasteiger partial charge in [-0.3, -0.25) is 0 Å². The molecule has 90 valence electrons. The smallest absolute Gasteiger partial charge is 0.110 e. The molecule has 0 radical (unpaired) electrons. The number of anilines is 1. The molecule has 1 aliphatic carbocycles. The van der Waals surface area contributed by atoms with E-state index in [1.807, 2.05) is 18.2 Å². The highest BCUT2D eigenvalue weighted by Gasteiger charge is 2.32. The molecule has 1 aromatic carbocycles. The van der Waals surface area contributed by atoms with Gasteiger partial charge in [-0.15, -0.1) is 0 Å². The van der Waals surface area contributed by atoms with Crippen molar-refractivity contribution in [3.63, 3.8) is 0 Å². The molecule has 1 aliphatic heterocycles. The van der Waals surface area contributed by atoms with Crippen LogP contribution >= 0.6 is 23.4 Å². The number of nitrogens with one attached hydrogen (secondary N) is 2. The van der Waals surface area contributed by atoms with Crippen molar-refractivity contribution in [2.75, 3.05) is 5.32 Å². The van der Waals surface area contributed by atoms with Crippen LogP contribution in [0, 0.1) is 0 Å². The van der Waals surface area contributed by atoms with Crippen LogP contribution in [0.25, 0.3) is 0 Å². The Morgan fingerprint density at radius 3 is 2.94 bits per heavy atom. The van der Waals surface area contributed by atoms with Crippen molar-refractivity contribution in [3.05, 3.63) is 34.5 Å². The van der Waals surface area contributed by atoms with E-state index in [1.165, 1.54) is 24.2 Å². The Bertz CT molecular complexity index is 480. The Kier molecular flexibility index (Phi) is 2.75. The monoisotopic (exact) mass is 266 g/mol. The van der Waals surface area contributed by atoms with Gasteiger partial charge in [0, 0.05) is 20.9 Å². The minimum atomic E-state index is 0.281. The van der Waals surface area contributed by atoms with Crippen molar-refractivity contribution in [3.8, 4) is 0 Å². The zero-order valence-electron chi connectivity index (χ0n) is 9.72. The molecule has 0 amide bonds. The molecule has 0 unspecified atom stereocenters. The van der Waals surface area contributed by atoms with Crippen molar-refractivity contribution >= 4 is 29.1 Å². The highest BCUT2D eigenvalue weighted by molar-refractivity contribution is 8.02. The summed E-state index contributed by atoms with van der Waals surface area (Å²) < 4.78 is 0. The molecule has 0 saturated heterocycles. The molecule has 2 nitrogen and oxygen atoms in total. The fourth-order valence-electron chi connectivity index (χ4n) is 2.21. The van der Waals surface area contributed by atoms with E-state index < -0.39 is 0 Å². The molecule has 1 heterocycles. The Hall–Kier alpha value is -0.800.